The Bertz CT molecular complexity index is 887. The Morgan fingerprint density at radius 3 is 2.42 bits per heavy atom. The second-order valence-electron chi connectivity index (χ2n) is 7.48. The van der Waals surface area contributed by atoms with E-state index in [1.54, 1.807) is 30.3 Å². The highest BCUT2D eigenvalue weighted by molar-refractivity contribution is 7.11. The van der Waals surface area contributed by atoms with Crippen molar-refractivity contribution in [2.75, 3.05) is 40.0 Å². The van der Waals surface area contributed by atoms with E-state index < -0.39 is 12.0 Å². The van der Waals surface area contributed by atoms with E-state index in [0.717, 1.165) is 10.4 Å². The standard InChI is InChI=1S/C24H33N3O5S/c1-4-32-23(29)15-25-24(30)26(13-8-14-31-3)18-22(28)27(16-20-9-6-5-7-10-20)17-21-12-11-19(2)33-21/h5-7,9-12H,4,8,13-18H2,1-3H3,(H,25,30). The van der Waals surface area contributed by atoms with Gasteiger partial charge in [-0.3, -0.25) is 9.59 Å². The van der Waals surface area contributed by atoms with Gasteiger partial charge in [-0.05, 0) is 38.0 Å². The molecule has 0 bridgehead atoms. The van der Waals surface area contributed by atoms with Crippen LogP contribution in [0.4, 0.5) is 4.79 Å². The summed E-state index contributed by atoms with van der Waals surface area (Å²) < 4.78 is 9.95. The largest absolute Gasteiger partial charge is 0.465 e. The molecule has 0 saturated heterocycles. The molecule has 0 aliphatic carbocycles. The molecule has 0 unspecified atom stereocenters. The fourth-order valence-electron chi connectivity index (χ4n) is 3.18. The Morgan fingerprint density at radius 1 is 1.03 bits per heavy atom. The van der Waals surface area contributed by atoms with Crippen LogP contribution in [-0.2, 0) is 32.2 Å². The number of rotatable bonds is 13. The number of methoxy groups -OCH3 is 1. The number of nitrogens with zero attached hydrogens (tertiary/aromatic N) is 2. The topological polar surface area (TPSA) is 88.2 Å². The van der Waals surface area contributed by atoms with Crippen LogP contribution >= 0.6 is 11.3 Å². The lowest BCUT2D eigenvalue weighted by atomic mass is 10.2. The molecular weight excluding hydrogens is 442 g/mol. The molecule has 0 aliphatic heterocycles. The first-order valence-corrected chi connectivity index (χ1v) is 11.8. The minimum absolute atomic E-state index is 0.102. The number of amides is 3. The van der Waals surface area contributed by atoms with Gasteiger partial charge in [-0.2, -0.15) is 0 Å². The number of benzene rings is 1. The van der Waals surface area contributed by atoms with Crippen molar-refractivity contribution in [1.29, 1.82) is 0 Å². The fraction of sp³-hybridized carbons (Fsp3) is 0.458. The van der Waals surface area contributed by atoms with Crippen molar-refractivity contribution in [3.05, 3.63) is 57.8 Å². The van der Waals surface area contributed by atoms with E-state index in [1.165, 1.54) is 9.78 Å². The smallest absolute Gasteiger partial charge is 0.325 e. The van der Waals surface area contributed by atoms with Gasteiger partial charge in [-0.25, -0.2) is 4.79 Å². The van der Waals surface area contributed by atoms with E-state index in [1.807, 2.05) is 49.4 Å². The van der Waals surface area contributed by atoms with E-state index in [0.29, 0.717) is 32.7 Å². The summed E-state index contributed by atoms with van der Waals surface area (Å²) in [6.45, 7) is 5.30. The number of urea groups is 1. The maximum atomic E-state index is 13.3. The summed E-state index contributed by atoms with van der Waals surface area (Å²) in [5, 5.41) is 2.54. The highest BCUT2D eigenvalue weighted by Crippen LogP contribution is 2.19. The SMILES string of the molecule is CCOC(=O)CNC(=O)N(CCCOC)CC(=O)N(Cc1ccccc1)Cc1ccc(C)s1. The normalized spacial score (nSPS) is 10.5. The molecule has 0 aliphatic rings. The predicted molar refractivity (Wildman–Crippen MR) is 128 cm³/mol. The Labute approximate surface area is 199 Å². The first-order chi connectivity index (χ1) is 15.9. The molecule has 2 rings (SSSR count). The Hall–Kier alpha value is -2.91. The summed E-state index contributed by atoms with van der Waals surface area (Å²) in [7, 11) is 1.58. The average molecular weight is 476 g/mol. The first kappa shape index (κ1) is 26.3. The summed E-state index contributed by atoms with van der Waals surface area (Å²) in [5.41, 5.74) is 1.01. The highest BCUT2D eigenvalue weighted by Gasteiger charge is 2.22. The average Bonchev–Trinajstić information content (AvgIpc) is 3.21. The molecule has 2 aromatic rings. The number of esters is 1. The number of aryl methyl sites for hydroxylation is 1. The number of hydrogen-bond acceptors (Lipinski definition) is 6. The van der Waals surface area contributed by atoms with Crippen LogP contribution in [0.15, 0.2) is 42.5 Å². The van der Waals surface area contributed by atoms with Crippen molar-refractivity contribution in [3.8, 4) is 0 Å². The van der Waals surface area contributed by atoms with E-state index in [2.05, 4.69) is 5.32 Å². The molecule has 0 spiro atoms. The summed E-state index contributed by atoms with van der Waals surface area (Å²) in [4.78, 5) is 43.1. The number of carbonyl (C=O) groups is 3. The monoisotopic (exact) mass is 475 g/mol. The van der Waals surface area contributed by atoms with Crippen molar-refractivity contribution in [2.45, 2.75) is 33.4 Å². The molecule has 1 heterocycles. The lowest BCUT2D eigenvalue weighted by Gasteiger charge is -2.27. The van der Waals surface area contributed by atoms with Crippen molar-refractivity contribution in [2.24, 2.45) is 0 Å². The van der Waals surface area contributed by atoms with Crippen LogP contribution in [0.3, 0.4) is 0 Å². The van der Waals surface area contributed by atoms with Crippen LogP contribution in [0, 0.1) is 6.92 Å². The van der Waals surface area contributed by atoms with E-state index in [9.17, 15) is 14.4 Å². The van der Waals surface area contributed by atoms with Gasteiger partial charge in [0.25, 0.3) is 0 Å². The number of nitrogens with one attached hydrogen (secondary N) is 1. The molecule has 0 atom stereocenters. The Kier molecular flexibility index (Phi) is 11.4. The van der Waals surface area contributed by atoms with Crippen LogP contribution in [0.25, 0.3) is 0 Å². The zero-order valence-corrected chi connectivity index (χ0v) is 20.4. The van der Waals surface area contributed by atoms with Gasteiger partial charge in [0.1, 0.15) is 13.1 Å². The number of ether oxygens (including phenoxy) is 2. The molecule has 180 valence electrons. The highest BCUT2D eigenvalue weighted by atomic mass is 32.1. The molecule has 1 N–H and O–H groups in total. The molecule has 3 amide bonds. The summed E-state index contributed by atoms with van der Waals surface area (Å²) in [6.07, 6.45) is 0.569. The number of thiophene rings is 1. The van der Waals surface area contributed by atoms with Crippen molar-refractivity contribution >= 4 is 29.2 Å². The summed E-state index contributed by atoms with van der Waals surface area (Å²) >= 11 is 1.65. The number of carbonyl (C=O) groups excluding carboxylic acids is 3. The third-order valence-electron chi connectivity index (χ3n) is 4.79. The predicted octanol–water partition coefficient (Wildman–Crippen LogP) is 3.20. The molecule has 0 saturated carbocycles. The minimum atomic E-state index is -0.521. The Morgan fingerprint density at radius 2 is 1.79 bits per heavy atom. The lowest BCUT2D eigenvalue weighted by molar-refractivity contribution is -0.141. The molecule has 8 nitrogen and oxygen atoms in total. The van der Waals surface area contributed by atoms with Gasteiger partial charge in [0.2, 0.25) is 5.91 Å². The van der Waals surface area contributed by atoms with Crippen molar-refractivity contribution in [1.82, 2.24) is 15.1 Å². The van der Waals surface area contributed by atoms with Gasteiger partial charge < -0.3 is 24.6 Å². The second-order valence-corrected chi connectivity index (χ2v) is 8.85. The number of hydrogen-bond donors (Lipinski definition) is 1. The molecule has 1 aromatic heterocycles. The lowest BCUT2D eigenvalue weighted by Crippen LogP contribution is -2.48. The van der Waals surface area contributed by atoms with Gasteiger partial charge in [0, 0.05) is 36.6 Å². The van der Waals surface area contributed by atoms with Crippen LogP contribution in [0.2, 0.25) is 0 Å². The quantitative estimate of drug-likeness (QED) is 0.355. The van der Waals surface area contributed by atoms with E-state index >= 15 is 0 Å². The maximum absolute atomic E-state index is 13.3. The van der Waals surface area contributed by atoms with Gasteiger partial charge in [-0.1, -0.05) is 30.3 Å². The van der Waals surface area contributed by atoms with Crippen LogP contribution < -0.4 is 5.32 Å². The van der Waals surface area contributed by atoms with Crippen LogP contribution in [-0.4, -0.2) is 67.7 Å². The van der Waals surface area contributed by atoms with Crippen molar-refractivity contribution in [3.63, 3.8) is 0 Å². The van der Waals surface area contributed by atoms with Gasteiger partial charge in [-0.15, -0.1) is 11.3 Å². The van der Waals surface area contributed by atoms with E-state index in [-0.39, 0.29) is 25.6 Å². The molecule has 9 heteroatoms. The molecule has 0 fully saturated rings. The molecule has 0 radical (unpaired) electrons. The first-order valence-electron chi connectivity index (χ1n) is 11.0. The molecular formula is C24H33N3O5S. The Balaban J connectivity index is 2.11. The summed E-state index contributed by atoms with van der Waals surface area (Å²) in [6, 6.07) is 13.3. The van der Waals surface area contributed by atoms with E-state index in [4.69, 9.17) is 9.47 Å². The summed E-state index contributed by atoms with van der Waals surface area (Å²) in [5.74, 6) is -0.693. The van der Waals surface area contributed by atoms with Crippen molar-refractivity contribution < 1.29 is 23.9 Å². The zero-order chi connectivity index (χ0) is 24.1. The van der Waals surface area contributed by atoms with Gasteiger partial charge >= 0.3 is 12.0 Å². The van der Waals surface area contributed by atoms with Crippen LogP contribution in [0.1, 0.15) is 28.7 Å². The van der Waals surface area contributed by atoms with Gasteiger partial charge in [0.15, 0.2) is 0 Å². The third kappa shape index (κ3) is 9.63. The zero-order valence-electron chi connectivity index (χ0n) is 19.5. The van der Waals surface area contributed by atoms with Gasteiger partial charge in [0.05, 0.1) is 13.2 Å². The third-order valence-corrected chi connectivity index (χ3v) is 5.78. The minimum Gasteiger partial charge on any atom is -0.465 e. The second kappa shape index (κ2) is 14.3. The molecule has 1 aromatic carbocycles. The fourth-order valence-corrected chi connectivity index (χ4v) is 4.09. The maximum Gasteiger partial charge on any atom is 0.325 e. The van der Waals surface area contributed by atoms with Crippen LogP contribution in [0.5, 0.6) is 0 Å². The molecule has 33 heavy (non-hydrogen) atoms.